The maximum atomic E-state index is 2.27. The molecule has 0 nitrogen and oxygen atoms in total. The summed E-state index contributed by atoms with van der Waals surface area (Å²) in [5.74, 6) is 0. The van der Waals surface area contributed by atoms with E-state index in [9.17, 15) is 0 Å². The molecular weight excluding hydrogens is 156 g/mol. The van der Waals surface area contributed by atoms with Crippen LogP contribution in [0.5, 0.6) is 0 Å². The number of allylic oxidation sites excluding steroid dienone is 4. The second-order valence-corrected chi connectivity index (χ2v) is 3.29. The molecule has 1 aliphatic carbocycles. The van der Waals surface area contributed by atoms with Gasteiger partial charge in [-0.2, -0.15) is 0 Å². The predicted octanol–water partition coefficient (Wildman–Crippen LogP) is 3.62. The Morgan fingerprint density at radius 3 is 2.62 bits per heavy atom. The quantitative estimate of drug-likeness (QED) is 0.563. The molecule has 0 unspecified atom stereocenters. The van der Waals surface area contributed by atoms with Crippen molar-refractivity contribution in [2.75, 3.05) is 0 Å². The van der Waals surface area contributed by atoms with E-state index >= 15 is 0 Å². The molecule has 1 aliphatic rings. The third-order valence-electron chi connectivity index (χ3n) is 2.41. The lowest BCUT2D eigenvalue weighted by molar-refractivity contribution is 1.32. The minimum absolute atomic E-state index is 1.08. The summed E-state index contributed by atoms with van der Waals surface area (Å²) in [5, 5.41) is 0. The van der Waals surface area contributed by atoms with Gasteiger partial charge < -0.3 is 0 Å². The molecule has 0 fully saturated rings. The zero-order valence-electron chi connectivity index (χ0n) is 7.83. The zero-order chi connectivity index (χ0) is 9.10. The van der Waals surface area contributed by atoms with Crippen LogP contribution in [0.4, 0.5) is 0 Å². The molecule has 0 aromatic heterocycles. The van der Waals surface area contributed by atoms with Gasteiger partial charge in [-0.25, -0.2) is 0 Å². The fourth-order valence-corrected chi connectivity index (χ4v) is 1.59. The molecule has 0 saturated heterocycles. The van der Waals surface area contributed by atoms with Gasteiger partial charge in [-0.3, -0.25) is 0 Å². The number of hydrogen-bond donors (Lipinski definition) is 0. The number of benzene rings is 1. The van der Waals surface area contributed by atoms with E-state index in [1.165, 1.54) is 16.7 Å². The van der Waals surface area contributed by atoms with Crippen LogP contribution in [0, 0.1) is 6.42 Å². The average molecular weight is 169 g/mol. The monoisotopic (exact) mass is 169 g/mol. The standard InChI is InChI=1S/C13H13/c1-11(13-9-5-6-10-13)12-7-3-2-4-8-12/h2-5,7-10H,6H2,1H3/q+1/b13-11-. The Balaban J connectivity index is 2.36. The van der Waals surface area contributed by atoms with E-state index in [1.54, 1.807) is 0 Å². The van der Waals surface area contributed by atoms with Crippen molar-refractivity contribution >= 4 is 5.57 Å². The summed E-state index contributed by atoms with van der Waals surface area (Å²) in [6.07, 6.45) is 7.74. The van der Waals surface area contributed by atoms with Crippen molar-refractivity contribution in [2.24, 2.45) is 0 Å². The molecule has 64 valence electrons. The van der Waals surface area contributed by atoms with Gasteiger partial charge in [-0.1, -0.05) is 18.2 Å². The average Bonchev–Trinajstić information content (AvgIpc) is 2.71. The van der Waals surface area contributed by atoms with Crippen molar-refractivity contribution in [3.8, 4) is 0 Å². The van der Waals surface area contributed by atoms with E-state index in [4.69, 9.17) is 0 Å². The van der Waals surface area contributed by atoms with Crippen molar-refractivity contribution in [3.05, 3.63) is 60.0 Å². The third-order valence-corrected chi connectivity index (χ3v) is 2.41. The zero-order valence-corrected chi connectivity index (χ0v) is 7.83. The Labute approximate surface area is 79.6 Å². The highest BCUT2D eigenvalue weighted by Crippen LogP contribution is 2.25. The van der Waals surface area contributed by atoms with Crippen molar-refractivity contribution in [2.45, 2.75) is 13.3 Å². The van der Waals surface area contributed by atoms with Crippen LogP contribution < -0.4 is 0 Å². The van der Waals surface area contributed by atoms with Gasteiger partial charge in [0, 0.05) is 31.4 Å². The predicted molar refractivity (Wildman–Crippen MR) is 57.1 cm³/mol. The van der Waals surface area contributed by atoms with Crippen LogP contribution in [0.2, 0.25) is 0 Å². The minimum atomic E-state index is 1.08. The Hall–Kier alpha value is -1.43. The summed E-state index contributed by atoms with van der Waals surface area (Å²) in [4.78, 5) is 0. The van der Waals surface area contributed by atoms with Crippen LogP contribution >= 0.6 is 0 Å². The molecule has 0 radical (unpaired) electrons. The fraction of sp³-hybridized carbons (Fsp3) is 0.154. The largest absolute Gasteiger partial charge is 0.133 e. The molecule has 0 heterocycles. The van der Waals surface area contributed by atoms with Gasteiger partial charge in [-0.15, -0.1) is 0 Å². The topological polar surface area (TPSA) is 0 Å². The van der Waals surface area contributed by atoms with E-state index in [1.807, 2.05) is 0 Å². The highest BCUT2D eigenvalue weighted by atomic mass is 14.1. The molecule has 13 heavy (non-hydrogen) atoms. The van der Waals surface area contributed by atoms with Gasteiger partial charge in [0.1, 0.15) is 5.57 Å². The molecule has 0 saturated carbocycles. The van der Waals surface area contributed by atoms with E-state index in [-0.39, 0.29) is 0 Å². The lowest BCUT2D eigenvalue weighted by atomic mass is 10.0. The van der Waals surface area contributed by atoms with Gasteiger partial charge in [-0.05, 0) is 18.2 Å². The van der Waals surface area contributed by atoms with Crippen LogP contribution in [0.25, 0.3) is 5.57 Å². The lowest BCUT2D eigenvalue weighted by Crippen LogP contribution is -1.83. The van der Waals surface area contributed by atoms with Crippen LogP contribution in [0.15, 0.2) is 48.1 Å². The Bertz CT molecular complexity index is 342. The molecule has 0 N–H and O–H groups in total. The van der Waals surface area contributed by atoms with Crippen molar-refractivity contribution in [1.29, 1.82) is 0 Å². The van der Waals surface area contributed by atoms with Gasteiger partial charge in [0.2, 0.25) is 0 Å². The maximum absolute atomic E-state index is 2.27. The first kappa shape index (κ1) is 8.18. The Kier molecular flexibility index (Phi) is 2.22. The summed E-state index contributed by atoms with van der Waals surface area (Å²) in [6.45, 7) is 2.18. The molecule has 1 aromatic rings. The van der Waals surface area contributed by atoms with E-state index in [0.717, 1.165) is 6.42 Å². The molecule has 2 rings (SSSR count). The van der Waals surface area contributed by atoms with E-state index in [2.05, 4.69) is 55.8 Å². The van der Waals surface area contributed by atoms with Crippen molar-refractivity contribution < 1.29 is 0 Å². The van der Waals surface area contributed by atoms with E-state index in [0.29, 0.717) is 0 Å². The Morgan fingerprint density at radius 1 is 1.23 bits per heavy atom. The summed E-state index contributed by atoms with van der Waals surface area (Å²) >= 11 is 0. The molecule has 0 amide bonds. The second kappa shape index (κ2) is 3.53. The molecule has 0 aliphatic heterocycles. The van der Waals surface area contributed by atoms with Crippen LogP contribution in [0.1, 0.15) is 18.9 Å². The van der Waals surface area contributed by atoms with Gasteiger partial charge in [0.05, 0.1) is 5.57 Å². The smallest absolute Gasteiger partial charge is 0.0621 e. The molecule has 0 spiro atoms. The van der Waals surface area contributed by atoms with Gasteiger partial charge in [0.25, 0.3) is 0 Å². The van der Waals surface area contributed by atoms with Gasteiger partial charge in [0.15, 0.2) is 0 Å². The molecule has 0 bridgehead atoms. The Morgan fingerprint density at radius 2 is 2.00 bits per heavy atom. The van der Waals surface area contributed by atoms with E-state index < -0.39 is 0 Å². The molecule has 0 heteroatoms. The third kappa shape index (κ3) is 1.67. The van der Waals surface area contributed by atoms with Crippen LogP contribution in [-0.2, 0) is 0 Å². The lowest BCUT2D eigenvalue weighted by Gasteiger charge is -1.96. The minimum Gasteiger partial charge on any atom is -0.0621 e. The molecular formula is C13H13+. The van der Waals surface area contributed by atoms with Crippen molar-refractivity contribution in [1.82, 2.24) is 0 Å². The number of hydrogen-bond acceptors (Lipinski definition) is 0. The first-order chi connectivity index (χ1) is 6.38. The molecule has 0 atom stereocenters. The molecule has 1 aromatic carbocycles. The first-order valence-corrected chi connectivity index (χ1v) is 4.64. The maximum Gasteiger partial charge on any atom is 0.133 e. The normalized spacial score (nSPS) is 18.5. The SMILES string of the molecule is C/C(=C1\C=CC[CH+]1)c1ccccc1. The highest BCUT2D eigenvalue weighted by molar-refractivity contribution is 5.71. The van der Waals surface area contributed by atoms with Crippen molar-refractivity contribution in [3.63, 3.8) is 0 Å². The summed E-state index contributed by atoms with van der Waals surface area (Å²) < 4.78 is 0. The summed E-state index contributed by atoms with van der Waals surface area (Å²) in [5.41, 5.74) is 4.06. The van der Waals surface area contributed by atoms with Gasteiger partial charge >= 0.3 is 0 Å². The number of rotatable bonds is 1. The van der Waals surface area contributed by atoms with Crippen LogP contribution in [-0.4, -0.2) is 0 Å². The first-order valence-electron chi connectivity index (χ1n) is 4.64. The second-order valence-electron chi connectivity index (χ2n) is 3.29. The highest BCUT2D eigenvalue weighted by Gasteiger charge is 2.14. The van der Waals surface area contributed by atoms with Crippen LogP contribution in [0.3, 0.4) is 0 Å². The summed E-state index contributed by atoms with van der Waals surface area (Å²) in [7, 11) is 0. The fourth-order valence-electron chi connectivity index (χ4n) is 1.59. The summed E-state index contributed by atoms with van der Waals surface area (Å²) in [6, 6.07) is 10.5.